The Hall–Kier alpha value is -4.12. The number of hydrogen-bond donors (Lipinski definition) is 0. The minimum atomic E-state index is -0.310. The van der Waals surface area contributed by atoms with Gasteiger partial charge in [0.05, 0.1) is 0 Å². The second kappa shape index (κ2) is 12.7. The summed E-state index contributed by atoms with van der Waals surface area (Å²) in [5, 5.41) is 0. The number of nitrogens with zero attached hydrogens (tertiary/aromatic N) is 1. The van der Waals surface area contributed by atoms with Crippen LogP contribution in [0.4, 0.5) is 17.1 Å². The minimum Gasteiger partial charge on any atom is -0.457 e. The number of ether oxygens (including phenoxy) is 2. The summed E-state index contributed by atoms with van der Waals surface area (Å²) < 4.78 is 10.8. The zero-order valence-corrected chi connectivity index (χ0v) is 22.5. The molecule has 0 spiro atoms. The fourth-order valence-electron chi connectivity index (χ4n) is 3.56. The normalized spacial score (nSPS) is 11.7. The van der Waals surface area contributed by atoms with E-state index in [4.69, 9.17) is 9.47 Å². The van der Waals surface area contributed by atoms with E-state index in [9.17, 15) is 9.59 Å². The number of esters is 2. The Kier molecular flexibility index (Phi) is 9.45. The third-order valence-corrected chi connectivity index (χ3v) is 6.39. The van der Waals surface area contributed by atoms with Gasteiger partial charge in [0.2, 0.25) is 0 Å². The molecule has 0 aliphatic rings. The van der Waals surface area contributed by atoms with E-state index in [1.54, 1.807) is 26.0 Å². The van der Waals surface area contributed by atoms with E-state index in [2.05, 4.69) is 36.9 Å². The molecule has 0 bridgehead atoms. The van der Waals surface area contributed by atoms with Crippen LogP contribution in [0.5, 0.6) is 0 Å². The Balaban J connectivity index is 1.86. The largest absolute Gasteiger partial charge is 0.457 e. The highest BCUT2D eigenvalue weighted by molar-refractivity contribution is 5.88. The zero-order chi connectivity index (χ0) is 26.9. The van der Waals surface area contributed by atoms with E-state index in [0.717, 1.165) is 28.2 Å². The van der Waals surface area contributed by atoms with Crippen molar-refractivity contribution in [2.45, 2.75) is 54.8 Å². The molecule has 3 rings (SSSR count). The van der Waals surface area contributed by atoms with Crippen LogP contribution in [0, 0.1) is 13.8 Å². The van der Waals surface area contributed by atoms with Crippen LogP contribution in [-0.2, 0) is 32.3 Å². The third-order valence-electron chi connectivity index (χ3n) is 6.39. The summed E-state index contributed by atoms with van der Waals surface area (Å²) >= 11 is 0. The maximum absolute atomic E-state index is 12.0. The van der Waals surface area contributed by atoms with Crippen molar-refractivity contribution in [1.29, 1.82) is 0 Å². The summed E-state index contributed by atoms with van der Waals surface area (Å²) in [5.41, 5.74) is 8.43. The Morgan fingerprint density at radius 3 is 1.43 bits per heavy atom. The Morgan fingerprint density at radius 1 is 0.649 bits per heavy atom. The van der Waals surface area contributed by atoms with E-state index >= 15 is 0 Å². The van der Waals surface area contributed by atoms with Gasteiger partial charge in [-0.25, -0.2) is 9.59 Å². The molecule has 0 N–H and O–H groups in total. The monoisotopic (exact) mass is 497 g/mol. The highest BCUT2D eigenvalue weighted by Crippen LogP contribution is 2.35. The van der Waals surface area contributed by atoms with E-state index in [0.29, 0.717) is 11.1 Å². The van der Waals surface area contributed by atoms with E-state index in [-0.39, 0.29) is 25.2 Å². The van der Waals surface area contributed by atoms with Gasteiger partial charge in [0, 0.05) is 28.2 Å². The smallest absolute Gasteiger partial charge is 0.333 e. The third kappa shape index (κ3) is 7.20. The molecule has 0 radical (unpaired) electrons. The number of allylic oxidation sites excluding steroid dienone is 2. The second-order valence-electron chi connectivity index (χ2n) is 9.03. The van der Waals surface area contributed by atoms with Crippen LogP contribution in [-0.4, -0.2) is 11.9 Å². The minimum absolute atomic E-state index is 0.216. The first-order chi connectivity index (χ1) is 17.7. The lowest BCUT2D eigenvalue weighted by Gasteiger charge is -2.26. The lowest BCUT2D eigenvalue weighted by Crippen LogP contribution is -2.11. The summed E-state index contributed by atoms with van der Waals surface area (Å²) in [6, 6.07) is 22.4. The quantitative estimate of drug-likeness (QED) is 0.223. The summed E-state index contributed by atoms with van der Waals surface area (Å²) in [7, 11) is 0. The van der Waals surface area contributed by atoms with Crippen LogP contribution < -0.4 is 4.90 Å². The molecule has 3 aromatic carbocycles. The van der Waals surface area contributed by atoms with Crippen molar-refractivity contribution in [3.05, 3.63) is 112 Å². The first kappa shape index (κ1) is 27.5. The van der Waals surface area contributed by atoms with Crippen LogP contribution in [0.1, 0.15) is 49.9 Å². The average Bonchev–Trinajstić information content (AvgIpc) is 2.92. The molecule has 0 amide bonds. The first-order valence-electron chi connectivity index (χ1n) is 12.4. The molecule has 192 valence electrons. The number of rotatable bonds is 9. The van der Waals surface area contributed by atoms with Crippen molar-refractivity contribution in [1.82, 2.24) is 0 Å². The molecule has 0 fully saturated rings. The van der Waals surface area contributed by atoms with E-state index in [1.807, 2.05) is 62.4 Å². The van der Waals surface area contributed by atoms with Gasteiger partial charge in [-0.05, 0) is 100 Å². The van der Waals surface area contributed by atoms with Crippen LogP contribution in [0.2, 0.25) is 0 Å². The fourth-order valence-corrected chi connectivity index (χ4v) is 3.56. The van der Waals surface area contributed by atoms with Crippen molar-refractivity contribution >= 4 is 29.0 Å². The molecule has 37 heavy (non-hydrogen) atoms. The number of anilines is 3. The summed E-state index contributed by atoms with van der Waals surface area (Å²) in [6.07, 6.45) is 3.48. The number of carbonyl (C=O) groups is 2. The van der Waals surface area contributed by atoms with Gasteiger partial charge in [0.25, 0.3) is 0 Å². The van der Waals surface area contributed by atoms with Crippen molar-refractivity contribution in [2.24, 2.45) is 0 Å². The SMILES string of the molecule is C/C=C(\C)C(=O)OCc1ccc(N(c2ccc(COC(=O)/C(C)=C/C)cc2)c2ccc(C)c(C)c2)cc1. The maximum atomic E-state index is 12.0. The van der Waals surface area contributed by atoms with Crippen molar-refractivity contribution < 1.29 is 19.1 Å². The lowest BCUT2D eigenvalue weighted by molar-refractivity contribution is -0.141. The molecule has 0 saturated heterocycles. The van der Waals surface area contributed by atoms with Crippen LogP contribution in [0.3, 0.4) is 0 Å². The summed E-state index contributed by atoms with van der Waals surface area (Å²) in [5.74, 6) is -0.620. The van der Waals surface area contributed by atoms with E-state index < -0.39 is 0 Å². The first-order valence-corrected chi connectivity index (χ1v) is 12.4. The molecule has 0 atom stereocenters. The number of hydrogen-bond acceptors (Lipinski definition) is 5. The van der Waals surface area contributed by atoms with Gasteiger partial charge >= 0.3 is 11.9 Å². The Labute approximate surface area is 220 Å². The average molecular weight is 498 g/mol. The van der Waals surface area contributed by atoms with Crippen molar-refractivity contribution in [3.8, 4) is 0 Å². The predicted octanol–water partition coefficient (Wildman–Crippen LogP) is 7.79. The number of carbonyl (C=O) groups excluding carboxylic acids is 2. The molecular formula is C32H35NO4. The molecule has 0 aliphatic heterocycles. The molecule has 0 heterocycles. The van der Waals surface area contributed by atoms with Gasteiger partial charge in [-0.1, -0.05) is 42.5 Å². The Morgan fingerprint density at radius 2 is 1.05 bits per heavy atom. The summed E-state index contributed by atoms with van der Waals surface area (Å²) in [6.45, 7) is 11.7. The molecular weight excluding hydrogens is 462 g/mol. The molecule has 5 heteroatoms. The standard InChI is InChI=1S/C32H35NO4/c1-7-22(3)31(34)36-20-26-10-15-28(16-11-26)33(30-14-9-24(5)25(6)19-30)29-17-12-27(13-18-29)21-37-32(35)23(4)8-2/h7-19H,20-21H2,1-6H3/b22-7+,23-8+. The Bertz CT molecular complexity index is 1220. The van der Waals surface area contributed by atoms with Crippen LogP contribution >= 0.6 is 0 Å². The number of benzene rings is 3. The van der Waals surface area contributed by atoms with Crippen molar-refractivity contribution in [3.63, 3.8) is 0 Å². The molecule has 0 unspecified atom stereocenters. The zero-order valence-electron chi connectivity index (χ0n) is 22.5. The van der Waals surface area contributed by atoms with Crippen LogP contribution in [0.15, 0.2) is 90.0 Å². The molecule has 5 nitrogen and oxygen atoms in total. The highest BCUT2D eigenvalue weighted by atomic mass is 16.5. The number of aryl methyl sites for hydroxylation is 2. The van der Waals surface area contributed by atoms with Gasteiger partial charge < -0.3 is 14.4 Å². The van der Waals surface area contributed by atoms with Crippen molar-refractivity contribution in [2.75, 3.05) is 4.90 Å². The van der Waals surface area contributed by atoms with Gasteiger partial charge in [0.15, 0.2) is 0 Å². The molecule has 0 aliphatic carbocycles. The van der Waals surface area contributed by atoms with Gasteiger partial charge in [0.1, 0.15) is 13.2 Å². The molecule has 0 aromatic heterocycles. The molecule has 3 aromatic rings. The van der Waals surface area contributed by atoms with Crippen LogP contribution in [0.25, 0.3) is 0 Å². The second-order valence-corrected chi connectivity index (χ2v) is 9.03. The van der Waals surface area contributed by atoms with E-state index in [1.165, 1.54) is 11.1 Å². The lowest BCUT2D eigenvalue weighted by atomic mass is 10.1. The topological polar surface area (TPSA) is 55.8 Å². The van der Waals surface area contributed by atoms with Gasteiger partial charge in [-0.2, -0.15) is 0 Å². The van der Waals surface area contributed by atoms with Gasteiger partial charge in [-0.15, -0.1) is 0 Å². The predicted molar refractivity (Wildman–Crippen MR) is 149 cm³/mol. The van der Waals surface area contributed by atoms with Gasteiger partial charge in [-0.3, -0.25) is 0 Å². The maximum Gasteiger partial charge on any atom is 0.333 e. The fraction of sp³-hybridized carbons (Fsp3) is 0.250. The molecule has 0 saturated carbocycles. The summed E-state index contributed by atoms with van der Waals surface area (Å²) in [4.78, 5) is 26.1. The highest BCUT2D eigenvalue weighted by Gasteiger charge is 2.14.